The van der Waals surface area contributed by atoms with Crippen molar-refractivity contribution in [2.45, 2.75) is 44.6 Å². The zero-order chi connectivity index (χ0) is 9.26. The summed E-state index contributed by atoms with van der Waals surface area (Å²) < 4.78 is 0. The van der Waals surface area contributed by atoms with Crippen LogP contribution in [0.4, 0.5) is 0 Å². The van der Waals surface area contributed by atoms with Gasteiger partial charge >= 0.3 is 0 Å². The van der Waals surface area contributed by atoms with E-state index in [0.717, 1.165) is 25.3 Å². The molecule has 2 nitrogen and oxygen atoms in total. The van der Waals surface area contributed by atoms with E-state index < -0.39 is 0 Å². The minimum Gasteiger partial charge on any atom is -0.302 e. The van der Waals surface area contributed by atoms with Crippen LogP contribution in [0.15, 0.2) is 0 Å². The second-order valence-corrected chi connectivity index (χ2v) is 4.59. The molecule has 0 amide bonds. The van der Waals surface area contributed by atoms with E-state index in [1.54, 1.807) is 0 Å². The molecule has 1 saturated heterocycles. The monoisotopic (exact) mass is 181 g/mol. The Morgan fingerprint density at radius 2 is 2.00 bits per heavy atom. The Labute approximate surface area is 80.3 Å². The third-order valence-corrected chi connectivity index (χ3v) is 3.69. The topological polar surface area (TPSA) is 20.3 Å². The Balaban J connectivity index is 1.98. The van der Waals surface area contributed by atoms with Gasteiger partial charge < -0.3 is 4.90 Å². The van der Waals surface area contributed by atoms with Crippen molar-refractivity contribution in [3.05, 3.63) is 0 Å². The van der Waals surface area contributed by atoms with Crippen LogP contribution in [0.5, 0.6) is 0 Å². The average Bonchev–Trinajstić information content (AvgIpc) is 2.61. The van der Waals surface area contributed by atoms with Gasteiger partial charge in [0.25, 0.3) is 0 Å². The van der Waals surface area contributed by atoms with E-state index in [-0.39, 0.29) is 0 Å². The van der Waals surface area contributed by atoms with Gasteiger partial charge in [-0.05, 0) is 25.8 Å². The number of carbonyl (C=O) groups is 1. The van der Waals surface area contributed by atoms with E-state index in [1.807, 2.05) is 0 Å². The first kappa shape index (κ1) is 9.20. The number of piperidine rings is 1. The third-order valence-electron chi connectivity index (χ3n) is 3.69. The van der Waals surface area contributed by atoms with Crippen molar-refractivity contribution < 1.29 is 4.79 Å². The molecule has 0 aromatic heterocycles. The molecule has 0 N–H and O–H groups in total. The van der Waals surface area contributed by atoms with Gasteiger partial charge in [-0.3, -0.25) is 4.79 Å². The lowest BCUT2D eigenvalue weighted by molar-refractivity contribution is -0.123. The van der Waals surface area contributed by atoms with Crippen LogP contribution in [0.25, 0.3) is 0 Å². The molecule has 1 unspecified atom stereocenters. The molecular weight excluding hydrogens is 162 g/mol. The van der Waals surface area contributed by atoms with Gasteiger partial charge in [0, 0.05) is 25.4 Å². The summed E-state index contributed by atoms with van der Waals surface area (Å²) in [7, 11) is 2.18. The van der Waals surface area contributed by atoms with E-state index in [2.05, 4.69) is 11.9 Å². The predicted octanol–water partition coefficient (Wildman–Crippen LogP) is 1.84. The molecular formula is C11H19NO. The van der Waals surface area contributed by atoms with E-state index in [9.17, 15) is 4.79 Å². The van der Waals surface area contributed by atoms with Crippen LogP contribution in [-0.4, -0.2) is 30.3 Å². The summed E-state index contributed by atoms with van der Waals surface area (Å²) in [6, 6.07) is 0.573. The molecule has 0 aromatic rings. The highest BCUT2D eigenvalue weighted by Gasteiger charge is 2.32. The highest BCUT2D eigenvalue weighted by molar-refractivity contribution is 5.80. The highest BCUT2D eigenvalue weighted by Crippen LogP contribution is 2.33. The van der Waals surface area contributed by atoms with Gasteiger partial charge in [-0.1, -0.05) is 12.8 Å². The molecule has 0 spiro atoms. The molecule has 0 aromatic carbocycles. The minimum atomic E-state index is 0.481. The molecule has 1 atom stereocenters. The summed E-state index contributed by atoms with van der Waals surface area (Å²) in [6.07, 6.45) is 7.05. The second-order valence-electron chi connectivity index (χ2n) is 4.59. The van der Waals surface area contributed by atoms with Crippen molar-refractivity contribution in [3.8, 4) is 0 Å². The zero-order valence-electron chi connectivity index (χ0n) is 8.46. The first-order valence-corrected chi connectivity index (χ1v) is 5.49. The van der Waals surface area contributed by atoms with Gasteiger partial charge in [-0.15, -0.1) is 0 Å². The molecule has 2 fully saturated rings. The Bertz CT molecular complexity index is 196. The lowest BCUT2D eigenvalue weighted by Gasteiger charge is -2.35. The number of likely N-dealkylation sites (tertiary alicyclic amines) is 1. The normalized spacial score (nSPS) is 32.7. The van der Waals surface area contributed by atoms with Crippen LogP contribution in [0.1, 0.15) is 38.5 Å². The number of hydrogen-bond donors (Lipinski definition) is 0. The smallest absolute Gasteiger partial charge is 0.135 e. The number of carbonyl (C=O) groups excluding carboxylic acids is 1. The SMILES string of the molecule is CN1CCC(=O)CC1C1CCCC1. The van der Waals surface area contributed by atoms with E-state index in [4.69, 9.17) is 0 Å². The standard InChI is InChI=1S/C11H19NO/c1-12-7-6-10(13)8-11(12)9-4-2-3-5-9/h9,11H,2-8H2,1H3. The van der Waals surface area contributed by atoms with Crippen LogP contribution in [-0.2, 0) is 4.79 Å². The fourth-order valence-corrected chi connectivity index (χ4v) is 2.83. The van der Waals surface area contributed by atoms with Crippen LogP contribution in [0.3, 0.4) is 0 Å². The molecule has 0 bridgehead atoms. The zero-order valence-corrected chi connectivity index (χ0v) is 8.46. The van der Waals surface area contributed by atoms with Gasteiger partial charge in [-0.2, -0.15) is 0 Å². The largest absolute Gasteiger partial charge is 0.302 e. The van der Waals surface area contributed by atoms with Crippen LogP contribution in [0.2, 0.25) is 0 Å². The van der Waals surface area contributed by atoms with Crippen molar-refractivity contribution in [1.82, 2.24) is 4.90 Å². The summed E-state index contributed by atoms with van der Waals surface area (Å²) in [5, 5.41) is 0. The summed E-state index contributed by atoms with van der Waals surface area (Å²) >= 11 is 0. The van der Waals surface area contributed by atoms with Crippen molar-refractivity contribution >= 4 is 5.78 Å². The first-order valence-electron chi connectivity index (χ1n) is 5.49. The number of nitrogens with zero attached hydrogens (tertiary/aromatic N) is 1. The van der Waals surface area contributed by atoms with Crippen LogP contribution >= 0.6 is 0 Å². The van der Waals surface area contributed by atoms with Gasteiger partial charge in [0.1, 0.15) is 5.78 Å². The fourth-order valence-electron chi connectivity index (χ4n) is 2.83. The van der Waals surface area contributed by atoms with Gasteiger partial charge in [0.05, 0.1) is 0 Å². The van der Waals surface area contributed by atoms with Crippen LogP contribution in [0, 0.1) is 5.92 Å². The number of hydrogen-bond acceptors (Lipinski definition) is 2. The van der Waals surface area contributed by atoms with Gasteiger partial charge in [0.15, 0.2) is 0 Å². The molecule has 13 heavy (non-hydrogen) atoms. The molecule has 1 heterocycles. The molecule has 1 saturated carbocycles. The Morgan fingerprint density at radius 1 is 1.31 bits per heavy atom. The molecule has 2 heteroatoms. The maximum atomic E-state index is 11.3. The summed E-state index contributed by atoms with van der Waals surface area (Å²) in [4.78, 5) is 13.7. The lowest BCUT2D eigenvalue weighted by atomic mass is 9.89. The van der Waals surface area contributed by atoms with Crippen molar-refractivity contribution in [2.24, 2.45) is 5.92 Å². The summed E-state index contributed by atoms with van der Waals surface area (Å²) in [6.45, 7) is 0.986. The summed E-state index contributed by atoms with van der Waals surface area (Å²) in [5.74, 6) is 1.30. The molecule has 0 radical (unpaired) electrons. The van der Waals surface area contributed by atoms with Crippen molar-refractivity contribution in [2.75, 3.05) is 13.6 Å². The maximum Gasteiger partial charge on any atom is 0.135 e. The quantitative estimate of drug-likeness (QED) is 0.615. The van der Waals surface area contributed by atoms with E-state index >= 15 is 0 Å². The van der Waals surface area contributed by atoms with Crippen molar-refractivity contribution in [3.63, 3.8) is 0 Å². The fraction of sp³-hybridized carbons (Fsp3) is 0.909. The lowest BCUT2D eigenvalue weighted by Crippen LogP contribution is -2.43. The van der Waals surface area contributed by atoms with Crippen LogP contribution < -0.4 is 0 Å². The summed E-state index contributed by atoms with van der Waals surface area (Å²) in [5.41, 5.74) is 0. The highest BCUT2D eigenvalue weighted by atomic mass is 16.1. The number of Topliss-reactive ketones (excluding diaryl/α,β-unsaturated/α-hetero) is 1. The second kappa shape index (κ2) is 3.79. The first-order chi connectivity index (χ1) is 6.27. The minimum absolute atomic E-state index is 0.481. The molecule has 74 valence electrons. The maximum absolute atomic E-state index is 11.3. The Kier molecular flexibility index (Phi) is 2.68. The van der Waals surface area contributed by atoms with Gasteiger partial charge in [-0.25, -0.2) is 0 Å². The third kappa shape index (κ3) is 1.93. The molecule has 2 aliphatic rings. The Hall–Kier alpha value is -0.370. The average molecular weight is 181 g/mol. The van der Waals surface area contributed by atoms with Crippen molar-refractivity contribution in [1.29, 1.82) is 0 Å². The Morgan fingerprint density at radius 3 is 2.69 bits per heavy atom. The van der Waals surface area contributed by atoms with Gasteiger partial charge in [0.2, 0.25) is 0 Å². The van der Waals surface area contributed by atoms with E-state index in [0.29, 0.717) is 11.8 Å². The predicted molar refractivity (Wildman–Crippen MR) is 52.6 cm³/mol. The number of ketones is 1. The molecule has 1 aliphatic carbocycles. The molecule has 1 aliphatic heterocycles. The van der Waals surface area contributed by atoms with E-state index in [1.165, 1.54) is 25.7 Å². The number of rotatable bonds is 1. The molecule has 2 rings (SSSR count).